The molecule has 0 aliphatic rings. The molecule has 2 N–H and O–H groups in total. The van der Waals surface area contributed by atoms with Gasteiger partial charge in [0, 0.05) is 5.56 Å². The van der Waals surface area contributed by atoms with Gasteiger partial charge in [0.1, 0.15) is 0 Å². The maximum absolute atomic E-state index is 11.9. The third-order valence-corrected chi connectivity index (χ3v) is 2.74. The zero-order chi connectivity index (χ0) is 13.9. The van der Waals surface area contributed by atoms with Gasteiger partial charge in [-0.3, -0.25) is 9.59 Å². The molecule has 0 saturated heterocycles. The molecule has 1 aromatic carbocycles. The molecule has 0 heterocycles. The molecule has 0 aromatic heterocycles. The van der Waals surface area contributed by atoms with E-state index in [1.165, 1.54) is 18.2 Å². The van der Waals surface area contributed by atoms with Crippen molar-refractivity contribution in [2.75, 3.05) is 0 Å². The van der Waals surface area contributed by atoms with E-state index < -0.39 is 16.8 Å². The third-order valence-electron chi connectivity index (χ3n) is 2.33. The zero-order valence-corrected chi connectivity index (χ0v) is 11.1. The number of hydrogen-bond donors (Lipinski definition) is 2. The van der Waals surface area contributed by atoms with Gasteiger partial charge in [-0.25, -0.2) is 4.79 Å². The molecule has 96 valence electrons. The van der Waals surface area contributed by atoms with Gasteiger partial charge in [0.15, 0.2) is 5.78 Å². The third kappa shape index (κ3) is 3.40. The number of Topliss-reactive ketones (excluding diaryl/α,β-unsaturated/α-hetero) is 1. The minimum absolute atomic E-state index is 0.0411. The summed E-state index contributed by atoms with van der Waals surface area (Å²) in [5, 5.41) is 17.6. The summed E-state index contributed by atoms with van der Waals surface area (Å²) >= 11 is 3.09. The molecule has 0 aliphatic carbocycles. The Labute approximate surface area is 112 Å². The summed E-state index contributed by atoms with van der Waals surface area (Å²) in [6.07, 6.45) is -0.319. The van der Waals surface area contributed by atoms with Gasteiger partial charge >= 0.3 is 11.9 Å². The lowest BCUT2D eigenvalue weighted by molar-refractivity contribution is -0.136. The van der Waals surface area contributed by atoms with Crippen LogP contribution in [0.25, 0.3) is 0 Å². The van der Waals surface area contributed by atoms with Crippen molar-refractivity contribution in [3.05, 3.63) is 34.9 Å². The summed E-state index contributed by atoms with van der Waals surface area (Å²) < 4.78 is 0. The molecule has 0 bridgehead atoms. The fourth-order valence-corrected chi connectivity index (χ4v) is 1.72. The number of halogens is 1. The van der Waals surface area contributed by atoms with Crippen molar-refractivity contribution < 1.29 is 24.6 Å². The number of alkyl halides is 1. The second-order valence-corrected chi connectivity index (χ2v) is 5.10. The molecule has 6 heteroatoms. The van der Waals surface area contributed by atoms with Crippen molar-refractivity contribution in [1.82, 2.24) is 0 Å². The Morgan fingerprint density at radius 2 is 1.89 bits per heavy atom. The van der Waals surface area contributed by atoms with Crippen LogP contribution in [-0.4, -0.2) is 32.8 Å². The van der Waals surface area contributed by atoms with Gasteiger partial charge in [-0.15, -0.1) is 0 Å². The predicted molar refractivity (Wildman–Crippen MR) is 67.5 cm³/mol. The Bertz CT molecular complexity index is 507. The van der Waals surface area contributed by atoms with E-state index in [0.29, 0.717) is 5.56 Å². The molecule has 5 nitrogen and oxygen atoms in total. The summed E-state index contributed by atoms with van der Waals surface area (Å²) in [5.41, 5.74) is 0.395. The first-order valence-corrected chi connectivity index (χ1v) is 6.00. The number of aromatic carboxylic acids is 1. The van der Waals surface area contributed by atoms with Crippen LogP contribution in [0, 0.1) is 0 Å². The number of carbonyl (C=O) groups excluding carboxylic acids is 1. The van der Waals surface area contributed by atoms with Gasteiger partial charge in [-0.05, 0) is 24.6 Å². The fourth-order valence-electron chi connectivity index (χ4n) is 1.47. The standard InChI is InChI=1S/C12H11BrO5/c1-6(13)11(16)9-4-8(12(17)18)3-2-7(9)5-10(14)15/h2-4,6H,5H2,1H3,(H,14,15)(H,17,18). The Balaban J connectivity index is 3.30. The summed E-state index contributed by atoms with van der Waals surface area (Å²) in [4.78, 5) is 32.9. The van der Waals surface area contributed by atoms with Crippen molar-refractivity contribution in [1.29, 1.82) is 0 Å². The van der Waals surface area contributed by atoms with Crippen LogP contribution in [0.2, 0.25) is 0 Å². The van der Waals surface area contributed by atoms with E-state index in [0.717, 1.165) is 0 Å². The van der Waals surface area contributed by atoms with Crippen molar-refractivity contribution in [2.45, 2.75) is 18.2 Å². The lowest BCUT2D eigenvalue weighted by Crippen LogP contribution is -2.15. The van der Waals surface area contributed by atoms with E-state index in [2.05, 4.69) is 15.9 Å². The number of rotatable bonds is 5. The van der Waals surface area contributed by atoms with Crippen molar-refractivity contribution in [2.24, 2.45) is 0 Å². The summed E-state index contributed by atoms with van der Waals surface area (Å²) in [7, 11) is 0. The van der Waals surface area contributed by atoms with Gasteiger partial charge < -0.3 is 10.2 Å². The van der Waals surface area contributed by atoms with E-state index >= 15 is 0 Å². The molecule has 1 unspecified atom stereocenters. The van der Waals surface area contributed by atoms with E-state index in [9.17, 15) is 14.4 Å². The molecule has 1 atom stereocenters. The van der Waals surface area contributed by atoms with Crippen LogP contribution in [0.5, 0.6) is 0 Å². The first-order valence-electron chi connectivity index (χ1n) is 5.09. The predicted octanol–water partition coefficient (Wildman–Crippen LogP) is 1.98. The normalized spacial score (nSPS) is 11.9. The molecule has 0 radical (unpaired) electrons. The van der Waals surface area contributed by atoms with Gasteiger partial charge in [0.2, 0.25) is 0 Å². The molecule has 1 rings (SSSR count). The average molecular weight is 315 g/mol. The van der Waals surface area contributed by atoms with Crippen LogP contribution in [0.3, 0.4) is 0 Å². The number of benzene rings is 1. The first-order chi connectivity index (χ1) is 8.32. The van der Waals surface area contributed by atoms with Crippen LogP contribution in [0.15, 0.2) is 18.2 Å². The number of aliphatic carboxylic acids is 1. The second-order valence-electron chi connectivity index (χ2n) is 3.73. The molecular formula is C12H11BrO5. The highest BCUT2D eigenvalue weighted by Crippen LogP contribution is 2.18. The smallest absolute Gasteiger partial charge is 0.335 e. The number of carboxylic acids is 2. The van der Waals surface area contributed by atoms with E-state index in [1.807, 2.05) is 0 Å². The topological polar surface area (TPSA) is 91.7 Å². The van der Waals surface area contributed by atoms with Crippen LogP contribution in [0.1, 0.15) is 33.2 Å². The highest BCUT2D eigenvalue weighted by molar-refractivity contribution is 9.10. The van der Waals surface area contributed by atoms with Gasteiger partial charge in [0.05, 0.1) is 16.8 Å². The molecule has 0 fully saturated rings. The molecule has 0 saturated carbocycles. The Hall–Kier alpha value is -1.69. The van der Waals surface area contributed by atoms with Crippen LogP contribution in [-0.2, 0) is 11.2 Å². The minimum Gasteiger partial charge on any atom is -0.481 e. The molecule has 1 aromatic rings. The maximum Gasteiger partial charge on any atom is 0.335 e. The lowest BCUT2D eigenvalue weighted by atomic mass is 9.97. The second kappa shape index (κ2) is 5.77. The summed E-state index contributed by atoms with van der Waals surface area (Å²) in [5.74, 6) is -2.57. The van der Waals surface area contributed by atoms with Gasteiger partial charge in [0.25, 0.3) is 0 Å². The first kappa shape index (κ1) is 14.4. The van der Waals surface area contributed by atoms with E-state index in [1.54, 1.807) is 6.92 Å². The van der Waals surface area contributed by atoms with E-state index in [4.69, 9.17) is 10.2 Å². The number of carboxylic acid groups (broad SMARTS) is 2. The van der Waals surface area contributed by atoms with E-state index in [-0.39, 0.29) is 23.3 Å². The van der Waals surface area contributed by atoms with Crippen LogP contribution < -0.4 is 0 Å². The summed E-state index contributed by atoms with van der Waals surface area (Å²) in [6, 6.07) is 3.86. The average Bonchev–Trinajstić information content (AvgIpc) is 2.27. The lowest BCUT2D eigenvalue weighted by Gasteiger charge is -2.09. The summed E-state index contributed by atoms with van der Waals surface area (Å²) in [6.45, 7) is 1.60. The monoisotopic (exact) mass is 314 g/mol. The maximum atomic E-state index is 11.9. The number of carbonyl (C=O) groups is 3. The highest BCUT2D eigenvalue weighted by atomic mass is 79.9. The Kier molecular flexibility index (Phi) is 4.61. The zero-order valence-electron chi connectivity index (χ0n) is 9.51. The molecule has 0 aliphatic heterocycles. The highest BCUT2D eigenvalue weighted by Gasteiger charge is 2.19. The van der Waals surface area contributed by atoms with Gasteiger partial charge in [-0.1, -0.05) is 22.0 Å². The Morgan fingerprint density at radius 1 is 1.28 bits per heavy atom. The Morgan fingerprint density at radius 3 is 2.33 bits per heavy atom. The molecular weight excluding hydrogens is 304 g/mol. The molecule has 18 heavy (non-hydrogen) atoms. The molecule has 0 amide bonds. The van der Waals surface area contributed by atoms with Gasteiger partial charge in [-0.2, -0.15) is 0 Å². The number of ketones is 1. The SMILES string of the molecule is CC(Br)C(=O)c1cc(C(=O)O)ccc1CC(=O)O. The van der Waals surface area contributed by atoms with Crippen molar-refractivity contribution >= 4 is 33.7 Å². The number of hydrogen-bond acceptors (Lipinski definition) is 3. The van der Waals surface area contributed by atoms with Crippen molar-refractivity contribution in [3.63, 3.8) is 0 Å². The quantitative estimate of drug-likeness (QED) is 0.640. The van der Waals surface area contributed by atoms with Crippen LogP contribution >= 0.6 is 15.9 Å². The van der Waals surface area contributed by atoms with Crippen LogP contribution in [0.4, 0.5) is 0 Å². The largest absolute Gasteiger partial charge is 0.481 e. The molecule has 0 spiro atoms. The minimum atomic E-state index is -1.16. The van der Waals surface area contributed by atoms with Crippen molar-refractivity contribution in [3.8, 4) is 0 Å². The fraction of sp³-hybridized carbons (Fsp3) is 0.250.